The summed E-state index contributed by atoms with van der Waals surface area (Å²) in [5, 5.41) is 0. The van der Waals surface area contributed by atoms with E-state index in [1.165, 1.54) is 12.0 Å². The molecule has 0 N–H and O–H groups in total. The van der Waals surface area contributed by atoms with Crippen LogP contribution in [0.15, 0.2) is 30.3 Å². The highest BCUT2D eigenvalue weighted by Crippen LogP contribution is 2.43. The van der Waals surface area contributed by atoms with E-state index in [9.17, 15) is 4.79 Å². The van der Waals surface area contributed by atoms with Crippen LogP contribution in [0.25, 0.3) is 0 Å². The Labute approximate surface area is 109 Å². The lowest BCUT2D eigenvalue weighted by molar-refractivity contribution is -0.154. The van der Waals surface area contributed by atoms with Gasteiger partial charge in [-0.1, -0.05) is 43.7 Å². The molecular weight excluding hydrogens is 222 g/mol. The largest absolute Gasteiger partial charge is 0.339 e. The van der Waals surface area contributed by atoms with Gasteiger partial charge in [0.2, 0.25) is 5.91 Å². The van der Waals surface area contributed by atoms with Crippen LogP contribution in [0.4, 0.5) is 0 Å². The molecule has 1 saturated carbocycles. The monoisotopic (exact) mass is 243 g/mol. The van der Waals surface area contributed by atoms with Gasteiger partial charge in [-0.3, -0.25) is 4.79 Å². The number of amides is 1. The zero-order valence-electron chi connectivity index (χ0n) is 11.1. The molecule has 1 heterocycles. The molecule has 1 unspecified atom stereocenters. The van der Waals surface area contributed by atoms with E-state index in [4.69, 9.17) is 0 Å². The van der Waals surface area contributed by atoms with Crippen LogP contribution in [-0.2, 0) is 11.2 Å². The molecule has 3 rings (SSSR count). The third-order valence-electron chi connectivity index (χ3n) is 4.69. The number of hydrogen-bond acceptors (Lipinski definition) is 1. The van der Waals surface area contributed by atoms with Crippen molar-refractivity contribution in [2.75, 3.05) is 6.54 Å². The summed E-state index contributed by atoms with van der Waals surface area (Å²) in [5.41, 5.74) is 1.31. The number of likely N-dealkylation sites (tertiary alicyclic amines) is 1. The summed E-state index contributed by atoms with van der Waals surface area (Å²) in [5.74, 6) is 0.404. The second-order valence-corrected chi connectivity index (χ2v) is 6.04. The summed E-state index contributed by atoms with van der Waals surface area (Å²) >= 11 is 0. The molecule has 1 amide bonds. The molecule has 1 aliphatic carbocycles. The molecule has 1 aliphatic heterocycles. The van der Waals surface area contributed by atoms with E-state index < -0.39 is 0 Å². The fourth-order valence-corrected chi connectivity index (χ4v) is 3.07. The predicted octanol–water partition coefficient (Wildman–Crippen LogP) is 3.02. The van der Waals surface area contributed by atoms with E-state index in [2.05, 4.69) is 36.1 Å². The number of benzene rings is 1. The zero-order valence-corrected chi connectivity index (χ0v) is 11.1. The fraction of sp³-hybridized carbons (Fsp3) is 0.562. The second-order valence-electron chi connectivity index (χ2n) is 6.04. The van der Waals surface area contributed by atoms with E-state index >= 15 is 0 Å². The summed E-state index contributed by atoms with van der Waals surface area (Å²) in [7, 11) is 0. The van der Waals surface area contributed by atoms with Crippen LogP contribution in [0.1, 0.15) is 38.2 Å². The molecule has 18 heavy (non-hydrogen) atoms. The maximum Gasteiger partial charge on any atom is 0.228 e. The molecule has 0 spiro atoms. The lowest BCUT2D eigenvalue weighted by atomic mass is 9.68. The number of carbonyl (C=O) groups is 1. The van der Waals surface area contributed by atoms with E-state index in [1.807, 2.05) is 6.07 Å². The zero-order chi connectivity index (χ0) is 12.6. The molecule has 96 valence electrons. The molecule has 2 heteroatoms. The van der Waals surface area contributed by atoms with Crippen molar-refractivity contribution in [2.45, 2.75) is 45.1 Å². The van der Waals surface area contributed by atoms with Gasteiger partial charge < -0.3 is 4.90 Å². The van der Waals surface area contributed by atoms with E-state index in [0.29, 0.717) is 11.9 Å². The van der Waals surface area contributed by atoms with Crippen molar-refractivity contribution in [2.24, 2.45) is 5.41 Å². The van der Waals surface area contributed by atoms with Gasteiger partial charge in [0.15, 0.2) is 0 Å². The average Bonchev–Trinajstić information content (AvgIpc) is 2.33. The van der Waals surface area contributed by atoms with Gasteiger partial charge in [-0.05, 0) is 31.2 Å². The van der Waals surface area contributed by atoms with E-state index in [-0.39, 0.29) is 5.41 Å². The van der Waals surface area contributed by atoms with Gasteiger partial charge in [-0.2, -0.15) is 0 Å². The topological polar surface area (TPSA) is 20.3 Å². The Morgan fingerprint density at radius 1 is 1.33 bits per heavy atom. The van der Waals surface area contributed by atoms with Crippen molar-refractivity contribution in [1.82, 2.24) is 4.90 Å². The predicted molar refractivity (Wildman–Crippen MR) is 72.2 cm³/mol. The molecular formula is C16H21NO. The third-order valence-corrected chi connectivity index (χ3v) is 4.69. The Morgan fingerprint density at radius 2 is 2.06 bits per heavy atom. The van der Waals surface area contributed by atoms with Crippen LogP contribution >= 0.6 is 0 Å². The SMILES string of the molecule is CC1(C(=O)N2CCC2Cc2ccccc2)CCC1. The summed E-state index contributed by atoms with van der Waals surface area (Å²) in [6.45, 7) is 3.10. The van der Waals surface area contributed by atoms with Gasteiger partial charge in [0.05, 0.1) is 0 Å². The van der Waals surface area contributed by atoms with Crippen LogP contribution < -0.4 is 0 Å². The number of nitrogens with zero attached hydrogens (tertiary/aromatic N) is 1. The normalized spacial score (nSPS) is 25.2. The highest BCUT2D eigenvalue weighted by molar-refractivity contribution is 5.84. The highest BCUT2D eigenvalue weighted by Gasteiger charge is 2.45. The second kappa shape index (κ2) is 4.42. The minimum atomic E-state index is -0.0324. The van der Waals surface area contributed by atoms with E-state index in [0.717, 1.165) is 32.2 Å². The Hall–Kier alpha value is -1.31. The van der Waals surface area contributed by atoms with Crippen LogP contribution in [0.5, 0.6) is 0 Å². The molecule has 1 atom stereocenters. The third kappa shape index (κ3) is 1.94. The molecule has 1 aromatic carbocycles. The Bertz CT molecular complexity index is 436. The van der Waals surface area contributed by atoms with Crippen molar-refractivity contribution in [3.63, 3.8) is 0 Å². The highest BCUT2D eigenvalue weighted by atomic mass is 16.2. The first kappa shape index (κ1) is 11.8. The van der Waals surface area contributed by atoms with Gasteiger partial charge in [0, 0.05) is 18.0 Å². The smallest absolute Gasteiger partial charge is 0.228 e. The molecule has 0 aromatic heterocycles. The van der Waals surface area contributed by atoms with Gasteiger partial charge in [-0.15, -0.1) is 0 Å². The quantitative estimate of drug-likeness (QED) is 0.799. The van der Waals surface area contributed by atoms with Crippen LogP contribution in [-0.4, -0.2) is 23.4 Å². The molecule has 2 aliphatic rings. The molecule has 1 saturated heterocycles. The first-order valence-electron chi connectivity index (χ1n) is 7.04. The van der Waals surface area contributed by atoms with Crippen molar-refractivity contribution in [3.8, 4) is 0 Å². The van der Waals surface area contributed by atoms with Crippen molar-refractivity contribution in [3.05, 3.63) is 35.9 Å². The summed E-state index contributed by atoms with van der Waals surface area (Å²) < 4.78 is 0. The van der Waals surface area contributed by atoms with Gasteiger partial charge >= 0.3 is 0 Å². The maximum atomic E-state index is 12.5. The van der Waals surface area contributed by atoms with Crippen molar-refractivity contribution in [1.29, 1.82) is 0 Å². The van der Waals surface area contributed by atoms with Gasteiger partial charge in [0.1, 0.15) is 0 Å². The summed E-state index contributed by atoms with van der Waals surface area (Å²) in [4.78, 5) is 14.6. The molecule has 0 bridgehead atoms. The molecule has 1 aromatic rings. The van der Waals surface area contributed by atoms with Gasteiger partial charge in [-0.25, -0.2) is 0 Å². The van der Waals surface area contributed by atoms with Gasteiger partial charge in [0.25, 0.3) is 0 Å². The maximum absolute atomic E-state index is 12.5. The minimum absolute atomic E-state index is 0.0324. The Morgan fingerprint density at radius 3 is 2.56 bits per heavy atom. The summed E-state index contributed by atoms with van der Waals surface area (Å²) in [6.07, 6.45) is 5.57. The molecule has 2 fully saturated rings. The lowest BCUT2D eigenvalue weighted by Gasteiger charge is -2.48. The van der Waals surface area contributed by atoms with Crippen LogP contribution in [0.2, 0.25) is 0 Å². The van der Waals surface area contributed by atoms with Crippen LogP contribution in [0, 0.1) is 5.41 Å². The van der Waals surface area contributed by atoms with E-state index in [1.54, 1.807) is 0 Å². The van der Waals surface area contributed by atoms with Crippen molar-refractivity contribution < 1.29 is 4.79 Å². The first-order valence-corrected chi connectivity index (χ1v) is 7.04. The number of rotatable bonds is 3. The fourth-order valence-electron chi connectivity index (χ4n) is 3.07. The molecule has 0 radical (unpaired) electrons. The Balaban J connectivity index is 1.63. The minimum Gasteiger partial charge on any atom is -0.339 e. The number of hydrogen-bond donors (Lipinski definition) is 0. The Kier molecular flexibility index (Phi) is 2.89. The average molecular weight is 243 g/mol. The number of carbonyl (C=O) groups excluding carboxylic acids is 1. The lowest BCUT2D eigenvalue weighted by Crippen LogP contribution is -2.57. The first-order chi connectivity index (χ1) is 8.69. The van der Waals surface area contributed by atoms with Crippen molar-refractivity contribution >= 4 is 5.91 Å². The standard InChI is InChI=1S/C16H21NO/c1-16(9-5-10-16)15(18)17-11-8-14(17)12-13-6-3-2-4-7-13/h2-4,6-7,14H,5,8-12H2,1H3. The van der Waals surface area contributed by atoms with Crippen LogP contribution in [0.3, 0.4) is 0 Å². The summed E-state index contributed by atoms with van der Waals surface area (Å²) in [6, 6.07) is 11.0. The molecule has 2 nitrogen and oxygen atoms in total.